The SMILES string of the molecule is CC[n+]1cnn(-c2ccccc2)c1. The van der Waals surface area contributed by atoms with Gasteiger partial charge in [-0.25, -0.2) is 4.57 Å². The Labute approximate surface area is 77.3 Å². The van der Waals surface area contributed by atoms with Gasteiger partial charge in [0.15, 0.2) is 0 Å². The highest BCUT2D eigenvalue weighted by Gasteiger charge is 2.05. The summed E-state index contributed by atoms with van der Waals surface area (Å²) < 4.78 is 3.90. The molecule has 66 valence electrons. The van der Waals surface area contributed by atoms with E-state index < -0.39 is 0 Å². The van der Waals surface area contributed by atoms with Crippen molar-refractivity contribution in [1.82, 2.24) is 9.78 Å². The molecule has 0 bridgehead atoms. The predicted octanol–water partition coefficient (Wildman–Crippen LogP) is 1.18. The van der Waals surface area contributed by atoms with E-state index in [2.05, 4.69) is 12.0 Å². The molecule has 13 heavy (non-hydrogen) atoms. The van der Waals surface area contributed by atoms with Gasteiger partial charge in [-0.05, 0) is 19.1 Å². The van der Waals surface area contributed by atoms with Gasteiger partial charge in [0.1, 0.15) is 5.69 Å². The predicted molar refractivity (Wildman–Crippen MR) is 49.4 cm³/mol. The van der Waals surface area contributed by atoms with E-state index in [0.29, 0.717) is 0 Å². The number of hydrogen-bond donors (Lipinski definition) is 0. The minimum atomic E-state index is 0.951. The number of rotatable bonds is 2. The average molecular weight is 174 g/mol. The fraction of sp³-hybridized carbons (Fsp3) is 0.200. The Morgan fingerprint density at radius 3 is 2.69 bits per heavy atom. The largest absolute Gasteiger partial charge is 0.265 e. The summed E-state index contributed by atoms with van der Waals surface area (Å²) in [7, 11) is 0. The molecule has 0 saturated heterocycles. The minimum Gasteiger partial charge on any atom is -0.237 e. The van der Waals surface area contributed by atoms with Gasteiger partial charge in [-0.1, -0.05) is 22.9 Å². The molecule has 3 heteroatoms. The standard InChI is InChI=1S/C10H12N3/c1-2-12-8-11-13(9-12)10-6-4-3-5-7-10/h3-9H,2H2,1H3/q+1. The Hall–Kier alpha value is -1.64. The second kappa shape index (κ2) is 3.39. The molecule has 3 nitrogen and oxygen atoms in total. The Kier molecular flexibility index (Phi) is 2.08. The van der Waals surface area contributed by atoms with Crippen molar-refractivity contribution in [2.75, 3.05) is 0 Å². The highest BCUT2D eigenvalue weighted by molar-refractivity contribution is 5.28. The fourth-order valence-electron chi connectivity index (χ4n) is 1.20. The third kappa shape index (κ3) is 1.59. The maximum Gasteiger partial charge on any atom is 0.265 e. The third-order valence-electron chi connectivity index (χ3n) is 1.97. The van der Waals surface area contributed by atoms with Gasteiger partial charge in [0.05, 0.1) is 6.54 Å². The van der Waals surface area contributed by atoms with Crippen molar-refractivity contribution in [3.63, 3.8) is 0 Å². The van der Waals surface area contributed by atoms with Crippen LogP contribution in [0.3, 0.4) is 0 Å². The van der Waals surface area contributed by atoms with Crippen LogP contribution >= 0.6 is 0 Å². The Morgan fingerprint density at radius 1 is 1.31 bits per heavy atom. The Balaban J connectivity index is 2.36. The van der Waals surface area contributed by atoms with Gasteiger partial charge in [-0.15, -0.1) is 0 Å². The maximum atomic E-state index is 4.24. The van der Waals surface area contributed by atoms with Crippen LogP contribution in [-0.4, -0.2) is 9.78 Å². The second-order valence-corrected chi connectivity index (χ2v) is 2.86. The first-order valence-corrected chi connectivity index (χ1v) is 4.39. The molecule has 1 aromatic heterocycles. The molecule has 0 aliphatic rings. The van der Waals surface area contributed by atoms with E-state index in [4.69, 9.17) is 0 Å². The minimum absolute atomic E-state index is 0.951. The number of aryl methyl sites for hydroxylation is 1. The van der Waals surface area contributed by atoms with Crippen molar-refractivity contribution in [1.29, 1.82) is 0 Å². The van der Waals surface area contributed by atoms with Gasteiger partial charge >= 0.3 is 0 Å². The molecule has 2 rings (SSSR count). The van der Waals surface area contributed by atoms with Crippen molar-refractivity contribution in [3.8, 4) is 5.69 Å². The maximum absolute atomic E-state index is 4.24. The van der Waals surface area contributed by atoms with E-state index in [9.17, 15) is 0 Å². The topological polar surface area (TPSA) is 21.7 Å². The molecular formula is C10H12N3+. The first-order chi connectivity index (χ1) is 6.40. The summed E-state index contributed by atoms with van der Waals surface area (Å²) in [5.41, 5.74) is 1.09. The molecule has 1 heterocycles. The lowest BCUT2D eigenvalue weighted by atomic mass is 10.3. The van der Waals surface area contributed by atoms with E-state index in [1.165, 1.54) is 0 Å². The number of para-hydroxylation sites is 1. The first-order valence-electron chi connectivity index (χ1n) is 4.39. The van der Waals surface area contributed by atoms with Crippen LogP contribution in [0.5, 0.6) is 0 Å². The quantitative estimate of drug-likeness (QED) is 0.626. The van der Waals surface area contributed by atoms with Gasteiger partial charge in [0, 0.05) is 5.10 Å². The highest BCUT2D eigenvalue weighted by Crippen LogP contribution is 2.01. The van der Waals surface area contributed by atoms with Crippen LogP contribution in [0, 0.1) is 0 Å². The van der Waals surface area contributed by atoms with Crippen molar-refractivity contribution < 1.29 is 4.57 Å². The molecule has 0 amide bonds. The van der Waals surface area contributed by atoms with Gasteiger partial charge in [-0.2, -0.15) is 0 Å². The molecule has 0 atom stereocenters. The van der Waals surface area contributed by atoms with Crippen LogP contribution in [-0.2, 0) is 6.54 Å². The summed E-state index contributed by atoms with van der Waals surface area (Å²) in [5, 5.41) is 4.24. The van der Waals surface area contributed by atoms with Crippen molar-refractivity contribution >= 4 is 0 Å². The van der Waals surface area contributed by atoms with Gasteiger partial charge in [0.2, 0.25) is 6.33 Å². The number of nitrogens with zero attached hydrogens (tertiary/aromatic N) is 3. The van der Waals surface area contributed by atoms with Gasteiger partial charge in [-0.3, -0.25) is 0 Å². The van der Waals surface area contributed by atoms with E-state index in [1.54, 1.807) is 0 Å². The van der Waals surface area contributed by atoms with Crippen LogP contribution in [0.4, 0.5) is 0 Å². The molecule has 2 aromatic rings. The molecule has 0 aliphatic carbocycles. The lowest BCUT2D eigenvalue weighted by Crippen LogP contribution is -2.28. The van der Waals surface area contributed by atoms with Crippen molar-refractivity contribution in [2.24, 2.45) is 0 Å². The molecule has 0 aliphatic heterocycles. The zero-order valence-corrected chi connectivity index (χ0v) is 7.59. The first kappa shape index (κ1) is 7.98. The molecular weight excluding hydrogens is 162 g/mol. The van der Waals surface area contributed by atoms with E-state index >= 15 is 0 Å². The summed E-state index contributed by atoms with van der Waals surface area (Å²) in [5.74, 6) is 0. The molecule has 0 saturated carbocycles. The third-order valence-corrected chi connectivity index (χ3v) is 1.97. The van der Waals surface area contributed by atoms with Gasteiger partial charge in [0.25, 0.3) is 6.33 Å². The monoisotopic (exact) mass is 174 g/mol. The lowest BCUT2D eigenvalue weighted by molar-refractivity contribution is -0.694. The number of hydrogen-bond acceptors (Lipinski definition) is 1. The van der Waals surface area contributed by atoms with E-state index in [0.717, 1.165) is 12.2 Å². The molecule has 0 radical (unpaired) electrons. The van der Waals surface area contributed by atoms with E-state index in [1.807, 2.05) is 52.2 Å². The van der Waals surface area contributed by atoms with Gasteiger partial charge < -0.3 is 0 Å². The zero-order valence-electron chi connectivity index (χ0n) is 7.59. The number of aromatic nitrogens is 3. The fourth-order valence-corrected chi connectivity index (χ4v) is 1.20. The summed E-state index contributed by atoms with van der Waals surface area (Å²) >= 11 is 0. The molecule has 0 fully saturated rings. The second-order valence-electron chi connectivity index (χ2n) is 2.86. The van der Waals surface area contributed by atoms with Crippen LogP contribution < -0.4 is 4.57 Å². The normalized spacial score (nSPS) is 10.2. The molecule has 0 unspecified atom stereocenters. The lowest BCUT2D eigenvalue weighted by Gasteiger charge is -1.90. The Bertz CT molecular complexity index is 378. The van der Waals surface area contributed by atoms with Crippen LogP contribution in [0.15, 0.2) is 43.0 Å². The highest BCUT2D eigenvalue weighted by atomic mass is 15.3. The number of benzene rings is 1. The molecule has 0 N–H and O–H groups in total. The van der Waals surface area contributed by atoms with Crippen LogP contribution in [0.2, 0.25) is 0 Å². The summed E-state index contributed by atoms with van der Waals surface area (Å²) in [4.78, 5) is 0. The summed E-state index contributed by atoms with van der Waals surface area (Å²) in [6, 6.07) is 10.1. The summed E-state index contributed by atoms with van der Waals surface area (Å²) in [6.07, 6.45) is 3.81. The summed E-state index contributed by atoms with van der Waals surface area (Å²) in [6.45, 7) is 3.05. The van der Waals surface area contributed by atoms with Crippen LogP contribution in [0.1, 0.15) is 6.92 Å². The van der Waals surface area contributed by atoms with Crippen molar-refractivity contribution in [3.05, 3.63) is 43.0 Å². The smallest absolute Gasteiger partial charge is 0.237 e. The molecule has 1 aromatic carbocycles. The average Bonchev–Trinajstić information content (AvgIpc) is 2.67. The van der Waals surface area contributed by atoms with E-state index in [-0.39, 0.29) is 0 Å². The van der Waals surface area contributed by atoms with Crippen LogP contribution in [0.25, 0.3) is 5.69 Å². The molecule has 0 spiro atoms. The Morgan fingerprint density at radius 2 is 2.08 bits per heavy atom. The zero-order chi connectivity index (χ0) is 9.10. The van der Waals surface area contributed by atoms with Crippen molar-refractivity contribution in [2.45, 2.75) is 13.5 Å².